The van der Waals surface area contributed by atoms with Crippen molar-refractivity contribution in [3.8, 4) is 0 Å². The molecule has 0 fully saturated rings. The van der Waals surface area contributed by atoms with Crippen molar-refractivity contribution in [1.82, 2.24) is 9.97 Å². The van der Waals surface area contributed by atoms with Crippen LogP contribution in [0.2, 0.25) is 0 Å². The molecule has 3 nitrogen and oxygen atoms in total. The van der Waals surface area contributed by atoms with Gasteiger partial charge < -0.3 is 5.32 Å². The molecule has 3 heteroatoms. The highest BCUT2D eigenvalue weighted by Gasteiger charge is 2.10. The van der Waals surface area contributed by atoms with Crippen molar-refractivity contribution >= 4 is 5.69 Å². The lowest BCUT2D eigenvalue weighted by atomic mass is 10.0. The molecule has 100 valence electrons. The maximum absolute atomic E-state index is 4.40. The number of benzene rings is 1. The summed E-state index contributed by atoms with van der Waals surface area (Å²) >= 11 is 0. The Balaban J connectivity index is 2.11. The fraction of sp³-hybridized carbons (Fsp3) is 0.375. The first-order valence-electron chi connectivity index (χ1n) is 6.72. The summed E-state index contributed by atoms with van der Waals surface area (Å²) in [5.74, 6) is 0.564. The Morgan fingerprint density at radius 3 is 2.16 bits per heavy atom. The molecule has 19 heavy (non-hydrogen) atoms. The maximum Gasteiger partial charge on any atom is 0.0835 e. The first-order valence-corrected chi connectivity index (χ1v) is 6.72. The minimum Gasteiger partial charge on any atom is -0.377 e. The normalized spacial score (nSPS) is 12.5. The monoisotopic (exact) mass is 255 g/mol. The van der Waals surface area contributed by atoms with Crippen LogP contribution in [0.15, 0.2) is 36.7 Å². The molecule has 0 saturated heterocycles. The maximum atomic E-state index is 4.40. The zero-order valence-corrected chi connectivity index (χ0v) is 12.0. The van der Waals surface area contributed by atoms with Crippen molar-refractivity contribution in [2.24, 2.45) is 0 Å². The summed E-state index contributed by atoms with van der Waals surface area (Å²) in [6.45, 7) is 8.50. The zero-order valence-electron chi connectivity index (χ0n) is 12.0. The third-order valence-corrected chi connectivity index (χ3v) is 3.29. The van der Waals surface area contributed by atoms with Crippen LogP contribution >= 0.6 is 0 Å². The van der Waals surface area contributed by atoms with Gasteiger partial charge in [-0.2, -0.15) is 0 Å². The van der Waals surface area contributed by atoms with Gasteiger partial charge in [0.1, 0.15) is 0 Å². The third kappa shape index (κ3) is 3.31. The van der Waals surface area contributed by atoms with E-state index in [0.29, 0.717) is 5.92 Å². The lowest BCUT2D eigenvalue weighted by molar-refractivity contribution is 0.809. The lowest BCUT2D eigenvalue weighted by Gasteiger charge is -2.16. The molecule has 1 N–H and O–H groups in total. The van der Waals surface area contributed by atoms with Gasteiger partial charge in [0.05, 0.1) is 17.4 Å². The van der Waals surface area contributed by atoms with Crippen LogP contribution in [0.25, 0.3) is 0 Å². The predicted octanol–water partition coefficient (Wildman–Crippen LogP) is 4.08. The van der Waals surface area contributed by atoms with Crippen LogP contribution in [0.1, 0.15) is 49.7 Å². The van der Waals surface area contributed by atoms with Gasteiger partial charge in [0.25, 0.3) is 0 Å². The van der Waals surface area contributed by atoms with E-state index in [1.54, 1.807) is 12.4 Å². The Kier molecular flexibility index (Phi) is 4.15. The number of nitrogens with zero attached hydrogens (tertiary/aromatic N) is 2. The number of rotatable bonds is 4. The van der Waals surface area contributed by atoms with E-state index in [4.69, 9.17) is 0 Å². The van der Waals surface area contributed by atoms with E-state index in [-0.39, 0.29) is 6.04 Å². The van der Waals surface area contributed by atoms with E-state index in [2.05, 4.69) is 60.3 Å². The molecule has 0 aliphatic carbocycles. The van der Waals surface area contributed by atoms with E-state index in [1.807, 2.05) is 6.92 Å². The molecule has 0 bridgehead atoms. The van der Waals surface area contributed by atoms with Gasteiger partial charge in [-0.25, -0.2) is 0 Å². The molecule has 1 aromatic carbocycles. The van der Waals surface area contributed by atoms with Crippen molar-refractivity contribution in [2.45, 2.75) is 39.7 Å². The topological polar surface area (TPSA) is 37.8 Å². The minimum atomic E-state index is 0.151. The number of aryl methyl sites for hydroxylation is 1. The molecule has 2 aromatic rings. The SMILES string of the molecule is Cc1nccnc1C(C)Nc1ccc(C(C)C)cc1. The standard InChI is InChI=1S/C16H21N3/c1-11(2)14-5-7-15(8-6-14)19-13(4)16-12(3)17-9-10-18-16/h5-11,13,19H,1-4H3. The number of anilines is 1. The fourth-order valence-electron chi connectivity index (χ4n) is 2.13. The van der Waals surface area contributed by atoms with Crippen molar-refractivity contribution in [3.05, 3.63) is 53.6 Å². The lowest BCUT2D eigenvalue weighted by Crippen LogP contribution is -2.11. The second-order valence-electron chi connectivity index (χ2n) is 5.17. The molecule has 0 spiro atoms. The van der Waals surface area contributed by atoms with Gasteiger partial charge in [-0.3, -0.25) is 9.97 Å². The molecule has 0 radical (unpaired) electrons. The van der Waals surface area contributed by atoms with E-state index in [0.717, 1.165) is 17.1 Å². The molecule has 2 rings (SSSR count). The smallest absolute Gasteiger partial charge is 0.0835 e. The summed E-state index contributed by atoms with van der Waals surface area (Å²) in [6, 6.07) is 8.74. The quantitative estimate of drug-likeness (QED) is 0.894. The van der Waals surface area contributed by atoms with Gasteiger partial charge in [-0.05, 0) is 37.5 Å². The third-order valence-electron chi connectivity index (χ3n) is 3.29. The summed E-state index contributed by atoms with van der Waals surface area (Å²) in [6.07, 6.45) is 3.46. The summed E-state index contributed by atoms with van der Waals surface area (Å²) in [5.41, 5.74) is 4.44. The molecule has 1 heterocycles. The first-order chi connectivity index (χ1) is 9.08. The van der Waals surface area contributed by atoms with E-state index in [9.17, 15) is 0 Å². The average molecular weight is 255 g/mol. The van der Waals surface area contributed by atoms with Gasteiger partial charge in [0.2, 0.25) is 0 Å². The fourth-order valence-corrected chi connectivity index (χ4v) is 2.13. The highest BCUT2D eigenvalue weighted by atomic mass is 15.0. The summed E-state index contributed by atoms with van der Waals surface area (Å²) in [7, 11) is 0. The van der Waals surface area contributed by atoms with Crippen LogP contribution in [-0.4, -0.2) is 9.97 Å². The van der Waals surface area contributed by atoms with Crippen LogP contribution in [0.5, 0.6) is 0 Å². The molecule has 0 amide bonds. The molecule has 1 unspecified atom stereocenters. The largest absolute Gasteiger partial charge is 0.377 e. The molecule has 1 atom stereocenters. The highest BCUT2D eigenvalue weighted by Crippen LogP contribution is 2.21. The minimum absolute atomic E-state index is 0.151. The molecule has 0 aliphatic rings. The predicted molar refractivity (Wildman–Crippen MR) is 79.3 cm³/mol. The van der Waals surface area contributed by atoms with Crippen LogP contribution in [0.3, 0.4) is 0 Å². The zero-order chi connectivity index (χ0) is 13.8. The number of nitrogens with one attached hydrogen (secondary N) is 1. The van der Waals surface area contributed by atoms with Crippen LogP contribution < -0.4 is 5.32 Å². The van der Waals surface area contributed by atoms with E-state index in [1.165, 1.54) is 5.56 Å². The van der Waals surface area contributed by atoms with Gasteiger partial charge in [0.15, 0.2) is 0 Å². The summed E-state index contributed by atoms with van der Waals surface area (Å²) in [5, 5.41) is 3.46. The van der Waals surface area contributed by atoms with E-state index < -0.39 is 0 Å². The number of hydrogen-bond acceptors (Lipinski definition) is 3. The number of aromatic nitrogens is 2. The first kappa shape index (κ1) is 13.5. The van der Waals surface area contributed by atoms with Crippen molar-refractivity contribution in [3.63, 3.8) is 0 Å². The summed E-state index contributed by atoms with van der Waals surface area (Å²) < 4.78 is 0. The average Bonchev–Trinajstić information content (AvgIpc) is 2.39. The van der Waals surface area contributed by atoms with Gasteiger partial charge >= 0.3 is 0 Å². The van der Waals surface area contributed by atoms with Crippen LogP contribution in [0, 0.1) is 6.92 Å². The summed E-state index contributed by atoms with van der Waals surface area (Å²) in [4.78, 5) is 8.67. The molecular formula is C16H21N3. The highest BCUT2D eigenvalue weighted by molar-refractivity contribution is 5.46. The molecule has 0 aliphatic heterocycles. The Morgan fingerprint density at radius 1 is 0.947 bits per heavy atom. The van der Waals surface area contributed by atoms with Crippen molar-refractivity contribution < 1.29 is 0 Å². The van der Waals surface area contributed by atoms with Crippen molar-refractivity contribution in [2.75, 3.05) is 5.32 Å². The van der Waals surface area contributed by atoms with Gasteiger partial charge in [-0.1, -0.05) is 26.0 Å². The van der Waals surface area contributed by atoms with Crippen LogP contribution in [-0.2, 0) is 0 Å². The van der Waals surface area contributed by atoms with Crippen LogP contribution in [0.4, 0.5) is 5.69 Å². The van der Waals surface area contributed by atoms with Crippen molar-refractivity contribution in [1.29, 1.82) is 0 Å². The molecular weight excluding hydrogens is 234 g/mol. The van der Waals surface area contributed by atoms with Gasteiger partial charge in [0, 0.05) is 18.1 Å². The Hall–Kier alpha value is -1.90. The van der Waals surface area contributed by atoms with Gasteiger partial charge in [-0.15, -0.1) is 0 Å². The number of hydrogen-bond donors (Lipinski definition) is 1. The second-order valence-corrected chi connectivity index (χ2v) is 5.17. The molecule has 1 aromatic heterocycles. The Morgan fingerprint density at radius 2 is 1.58 bits per heavy atom. The van der Waals surface area contributed by atoms with E-state index >= 15 is 0 Å². The second kappa shape index (κ2) is 5.83. The molecule has 0 saturated carbocycles. The Bertz CT molecular complexity index is 532. The Labute approximate surface area is 115 Å².